The average Bonchev–Trinajstić information content (AvgIpc) is 3.21. The predicted molar refractivity (Wildman–Crippen MR) is 106 cm³/mol. The van der Waals surface area contributed by atoms with Crippen LogP contribution in [-0.4, -0.2) is 15.0 Å². The summed E-state index contributed by atoms with van der Waals surface area (Å²) in [6, 6.07) is 20.2. The van der Waals surface area contributed by atoms with Gasteiger partial charge >= 0.3 is 0 Å². The molecular formula is C20H19NO3S2. The van der Waals surface area contributed by atoms with E-state index in [1.165, 1.54) is 15.6 Å². The van der Waals surface area contributed by atoms with Crippen LogP contribution in [0.4, 0.5) is 5.69 Å². The Labute approximate surface area is 158 Å². The number of nitrogens with zero attached hydrogens (tertiary/aromatic N) is 1. The van der Waals surface area contributed by atoms with Gasteiger partial charge in [-0.2, -0.15) is 0 Å². The zero-order valence-electron chi connectivity index (χ0n) is 14.1. The maximum absolute atomic E-state index is 12.8. The Morgan fingerprint density at radius 3 is 2.35 bits per heavy atom. The lowest BCUT2D eigenvalue weighted by molar-refractivity contribution is 0.306. The summed E-state index contributed by atoms with van der Waals surface area (Å²) in [6.07, 6.45) is 1.57. The molecule has 0 saturated heterocycles. The second-order valence-electron chi connectivity index (χ2n) is 5.53. The van der Waals surface area contributed by atoms with E-state index in [1.54, 1.807) is 47.9 Å². The number of anilines is 1. The maximum atomic E-state index is 12.8. The standard InChI is InChI=1S/C20H19NO3S2/c1-2-14-21(26(22,23)20-9-6-15-25-20)18-10-12-19(13-11-18)24-16-17-7-4-3-5-8-17/h2-13,15H,1,14,16H2. The number of benzene rings is 2. The molecule has 0 N–H and O–H groups in total. The summed E-state index contributed by atoms with van der Waals surface area (Å²) in [4.78, 5) is 0. The molecule has 0 fully saturated rings. The number of sulfonamides is 1. The van der Waals surface area contributed by atoms with Gasteiger partial charge in [-0.1, -0.05) is 42.5 Å². The van der Waals surface area contributed by atoms with Gasteiger partial charge in [-0.05, 0) is 41.3 Å². The molecule has 0 unspecified atom stereocenters. The van der Waals surface area contributed by atoms with Crippen molar-refractivity contribution in [2.45, 2.75) is 10.8 Å². The predicted octanol–water partition coefficient (Wildman–Crippen LogP) is 4.71. The molecule has 4 nitrogen and oxygen atoms in total. The first kappa shape index (κ1) is 18.2. The first-order valence-electron chi connectivity index (χ1n) is 8.05. The third kappa shape index (κ3) is 4.15. The van der Waals surface area contributed by atoms with Gasteiger partial charge in [-0.3, -0.25) is 4.31 Å². The normalized spacial score (nSPS) is 11.1. The highest BCUT2D eigenvalue weighted by atomic mass is 32.2. The minimum atomic E-state index is -3.60. The van der Waals surface area contributed by atoms with E-state index in [4.69, 9.17) is 4.74 Å². The molecule has 0 aliphatic heterocycles. The van der Waals surface area contributed by atoms with Crippen LogP contribution in [-0.2, 0) is 16.6 Å². The van der Waals surface area contributed by atoms with Gasteiger partial charge < -0.3 is 4.74 Å². The molecule has 0 saturated carbocycles. The van der Waals surface area contributed by atoms with Crippen LogP contribution in [0, 0.1) is 0 Å². The zero-order valence-corrected chi connectivity index (χ0v) is 15.7. The van der Waals surface area contributed by atoms with Crippen molar-refractivity contribution >= 4 is 27.0 Å². The van der Waals surface area contributed by atoms with Crippen molar-refractivity contribution in [2.75, 3.05) is 10.8 Å². The lowest BCUT2D eigenvalue weighted by Gasteiger charge is -2.22. The molecule has 1 aromatic heterocycles. The molecule has 0 radical (unpaired) electrons. The molecule has 3 aromatic rings. The third-order valence-corrected chi connectivity index (χ3v) is 6.87. The van der Waals surface area contributed by atoms with Crippen LogP contribution < -0.4 is 9.04 Å². The Morgan fingerprint density at radius 2 is 1.73 bits per heavy atom. The average molecular weight is 386 g/mol. The lowest BCUT2D eigenvalue weighted by atomic mass is 10.2. The molecule has 3 rings (SSSR count). The fourth-order valence-corrected chi connectivity index (χ4v) is 4.97. The Morgan fingerprint density at radius 1 is 1.00 bits per heavy atom. The minimum Gasteiger partial charge on any atom is -0.489 e. The van der Waals surface area contributed by atoms with Crippen molar-refractivity contribution in [1.29, 1.82) is 0 Å². The van der Waals surface area contributed by atoms with Gasteiger partial charge in [0.1, 0.15) is 16.6 Å². The van der Waals surface area contributed by atoms with E-state index in [0.717, 1.165) is 5.56 Å². The summed E-state index contributed by atoms with van der Waals surface area (Å²) in [5.74, 6) is 0.685. The monoisotopic (exact) mass is 385 g/mol. The van der Waals surface area contributed by atoms with Crippen LogP contribution in [0.5, 0.6) is 5.75 Å². The highest BCUT2D eigenvalue weighted by Crippen LogP contribution is 2.28. The Kier molecular flexibility index (Phi) is 5.75. The van der Waals surface area contributed by atoms with Crippen LogP contribution in [0.15, 0.2) is 89.0 Å². The number of hydrogen-bond acceptors (Lipinski definition) is 4. The molecule has 6 heteroatoms. The fraction of sp³-hybridized carbons (Fsp3) is 0.100. The van der Waals surface area contributed by atoms with E-state index in [-0.39, 0.29) is 6.54 Å². The van der Waals surface area contributed by atoms with Crippen molar-refractivity contribution in [2.24, 2.45) is 0 Å². The lowest BCUT2D eigenvalue weighted by Crippen LogP contribution is -2.30. The number of rotatable bonds is 8. The SMILES string of the molecule is C=CCN(c1ccc(OCc2ccccc2)cc1)S(=O)(=O)c1cccs1. The van der Waals surface area contributed by atoms with Crippen molar-refractivity contribution < 1.29 is 13.2 Å². The highest BCUT2D eigenvalue weighted by molar-refractivity contribution is 7.94. The molecule has 0 bridgehead atoms. The van der Waals surface area contributed by atoms with Crippen molar-refractivity contribution in [1.82, 2.24) is 0 Å². The summed E-state index contributed by atoms with van der Waals surface area (Å²) in [6.45, 7) is 4.34. The number of ether oxygens (including phenoxy) is 1. The molecule has 0 atom stereocenters. The van der Waals surface area contributed by atoms with Crippen LogP contribution >= 0.6 is 11.3 Å². The molecule has 0 aliphatic rings. The minimum absolute atomic E-state index is 0.199. The maximum Gasteiger partial charge on any atom is 0.274 e. The summed E-state index contributed by atoms with van der Waals surface area (Å²) >= 11 is 1.20. The quantitative estimate of drug-likeness (QED) is 0.528. The van der Waals surface area contributed by atoms with Crippen LogP contribution in [0.3, 0.4) is 0 Å². The molecule has 0 aliphatic carbocycles. The van der Waals surface area contributed by atoms with Crippen molar-refractivity contribution in [3.05, 3.63) is 90.3 Å². The summed E-state index contributed by atoms with van der Waals surface area (Å²) in [5, 5.41) is 1.75. The van der Waals surface area contributed by atoms with E-state index in [2.05, 4.69) is 6.58 Å². The molecule has 26 heavy (non-hydrogen) atoms. The van der Waals surface area contributed by atoms with Gasteiger partial charge in [0, 0.05) is 0 Å². The van der Waals surface area contributed by atoms with Crippen molar-refractivity contribution in [3.63, 3.8) is 0 Å². The van der Waals surface area contributed by atoms with Gasteiger partial charge in [-0.25, -0.2) is 8.42 Å². The molecule has 1 heterocycles. The Bertz CT molecular complexity index is 934. The molecule has 0 amide bonds. The van der Waals surface area contributed by atoms with Crippen molar-refractivity contribution in [3.8, 4) is 5.75 Å². The van der Waals surface area contributed by atoms with E-state index in [9.17, 15) is 8.42 Å². The third-order valence-electron chi connectivity index (χ3n) is 3.71. The van der Waals surface area contributed by atoms with Gasteiger partial charge in [0.2, 0.25) is 0 Å². The molecule has 0 spiro atoms. The van der Waals surface area contributed by atoms with Gasteiger partial charge in [-0.15, -0.1) is 17.9 Å². The van der Waals surface area contributed by atoms with E-state index in [0.29, 0.717) is 22.3 Å². The van der Waals surface area contributed by atoms with Crippen LogP contribution in [0.2, 0.25) is 0 Å². The molecule has 134 valence electrons. The van der Waals surface area contributed by atoms with Gasteiger partial charge in [0.15, 0.2) is 0 Å². The first-order chi connectivity index (χ1) is 12.6. The van der Waals surface area contributed by atoms with E-state index in [1.807, 2.05) is 30.3 Å². The zero-order chi connectivity index (χ0) is 18.4. The summed E-state index contributed by atoms with van der Waals surface area (Å²) in [5.41, 5.74) is 1.65. The summed E-state index contributed by atoms with van der Waals surface area (Å²) < 4.78 is 33.1. The molecule has 2 aromatic carbocycles. The smallest absolute Gasteiger partial charge is 0.274 e. The highest BCUT2D eigenvalue weighted by Gasteiger charge is 2.24. The second kappa shape index (κ2) is 8.21. The van der Waals surface area contributed by atoms with Gasteiger partial charge in [0.25, 0.3) is 10.0 Å². The summed E-state index contributed by atoms with van der Waals surface area (Å²) in [7, 11) is -3.60. The Hall–Kier alpha value is -2.57. The van der Waals surface area contributed by atoms with E-state index < -0.39 is 10.0 Å². The number of thiophene rings is 1. The molecular weight excluding hydrogens is 366 g/mol. The largest absolute Gasteiger partial charge is 0.489 e. The van der Waals surface area contributed by atoms with E-state index >= 15 is 0 Å². The fourth-order valence-electron chi connectivity index (χ4n) is 2.43. The van der Waals surface area contributed by atoms with Crippen LogP contribution in [0.25, 0.3) is 0 Å². The topological polar surface area (TPSA) is 46.6 Å². The second-order valence-corrected chi connectivity index (χ2v) is 8.56. The Balaban J connectivity index is 1.77. The number of hydrogen-bond donors (Lipinski definition) is 0. The first-order valence-corrected chi connectivity index (χ1v) is 10.4. The van der Waals surface area contributed by atoms with Gasteiger partial charge in [0.05, 0.1) is 12.2 Å². The van der Waals surface area contributed by atoms with Crippen LogP contribution in [0.1, 0.15) is 5.56 Å².